The van der Waals surface area contributed by atoms with Crippen LogP contribution in [0.15, 0.2) is 97.5 Å². The number of ether oxygens (including phenoxy) is 3. The molecule has 5 atom stereocenters. The number of ketones is 4. The van der Waals surface area contributed by atoms with Crippen LogP contribution in [0, 0.1) is 18.8 Å². The minimum atomic E-state index is -4.51. The molecule has 9 rings (SSSR count). The highest BCUT2D eigenvalue weighted by Gasteiger charge is 2.46. The predicted octanol–water partition coefficient (Wildman–Crippen LogP) is 7.68. The Balaban J connectivity index is 0.680. The van der Waals surface area contributed by atoms with Crippen molar-refractivity contribution in [2.24, 2.45) is 25.9 Å². The van der Waals surface area contributed by atoms with Crippen molar-refractivity contribution in [2.45, 2.75) is 127 Å². The van der Waals surface area contributed by atoms with Crippen LogP contribution in [-0.2, 0) is 86.5 Å². The highest BCUT2D eigenvalue weighted by atomic mass is 32.2. The summed E-state index contributed by atoms with van der Waals surface area (Å²) in [5.74, 6) is -2.62. The summed E-state index contributed by atoms with van der Waals surface area (Å²) in [6.07, 6.45) is 8.57. The molecule has 516 valence electrons. The number of amides is 5. The fourth-order valence-corrected chi connectivity index (χ4v) is 14.2. The quantitative estimate of drug-likeness (QED) is 0.0115. The number of carbonyl (C=O) groups excluding carboxylic acids is 10. The Hall–Kier alpha value is -8.69. The maximum Gasteiger partial charge on any atom is 0.278 e. The smallest absolute Gasteiger partial charge is 0.278 e. The van der Waals surface area contributed by atoms with Gasteiger partial charge in [0.2, 0.25) is 29.4 Å². The lowest BCUT2D eigenvalue weighted by atomic mass is 9.88. The van der Waals surface area contributed by atoms with Crippen LogP contribution in [0.4, 0.5) is 5.82 Å². The van der Waals surface area contributed by atoms with E-state index in [9.17, 15) is 60.9 Å². The number of thioether (sulfide) groups is 1. The summed E-state index contributed by atoms with van der Waals surface area (Å²) in [7, 11) is -1.07. The molecule has 0 spiro atoms. The lowest BCUT2D eigenvalue weighted by molar-refractivity contribution is -0.138. The Labute approximate surface area is 567 Å². The van der Waals surface area contributed by atoms with Crippen molar-refractivity contribution in [2.75, 3.05) is 57.7 Å². The third-order valence-electron chi connectivity index (χ3n) is 18.0. The van der Waals surface area contributed by atoms with E-state index in [-0.39, 0.29) is 179 Å². The Bertz CT molecular complexity index is 4150. The Morgan fingerprint density at radius 2 is 1.51 bits per heavy atom. The number of anilines is 1. The van der Waals surface area contributed by atoms with Gasteiger partial charge in [0.1, 0.15) is 28.3 Å². The van der Waals surface area contributed by atoms with Crippen molar-refractivity contribution in [1.82, 2.24) is 33.8 Å². The van der Waals surface area contributed by atoms with Gasteiger partial charge in [-0.25, -0.2) is 4.98 Å². The molecule has 0 radical (unpaired) electrons. The van der Waals surface area contributed by atoms with Crippen molar-refractivity contribution in [3.8, 4) is 16.9 Å². The Morgan fingerprint density at radius 1 is 0.784 bits per heavy atom. The molecule has 6 aromatic rings. The van der Waals surface area contributed by atoms with Crippen LogP contribution in [0.25, 0.3) is 22.0 Å². The van der Waals surface area contributed by atoms with Crippen LogP contribution in [0.2, 0.25) is 0 Å². The second-order valence-electron chi connectivity index (χ2n) is 25.6. The molecule has 2 fully saturated rings. The minimum Gasteiger partial charge on any atom is -0.493 e. The molecule has 6 heterocycles. The largest absolute Gasteiger partial charge is 0.493 e. The van der Waals surface area contributed by atoms with Gasteiger partial charge < -0.3 is 38.9 Å². The Kier molecular flexibility index (Phi) is 24.0. The summed E-state index contributed by atoms with van der Waals surface area (Å²) < 4.78 is 57.1. The second-order valence-corrected chi connectivity index (χ2v) is 28.3. The number of nitrogens with zero attached hydrogens (tertiary/aromatic N) is 6. The van der Waals surface area contributed by atoms with Gasteiger partial charge in [-0.1, -0.05) is 56.3 Å². The number of hydrogen-bond acceptors (Lipinski definition) is 17. The van der Waals surface area contributed by atoms with Crippen LogP contribution in [-0.4, -0.2) is 175 Å². The van der Waals surface area contributed by atoms with E-state index in [1.807, 2.05) is 50.4 Å². The molecule has 26 heteroatoms. The van der Waals surface area contributed by atoms with Crippen LogP contribution in [0.1, 0.15) is 132 Å². The summed E-state index contributed by atoms with van der Waals surface area (Å²) in [6, 6.07) is 18.1. The monoisotopic (exact) mass is 1370 g/mol. The molecule has 2 saturated heterocycles. The molecule has 5 amide bonds. The van der Waals surface area contributed by atoms with E-state index in [1.165, 1.54) is 21.6 Å². The minimum absolute atomic E-state index is 0.0163. The highest BCUT2D eigenvalue weighted by Crippen LogP contribution is 2.37. The number of imidazole rings is 1. The lowest BCUT2D eigenvalue weighted by Crippen LogP contribution is -2.44. The summed E-state index contributed by atoms with van der Waals surface area (Å²) >= 11 is 1.33. The van der Waals surface area contributed by atoms with Gasteiger partial charge in [0.05, 0.1) is 49.3 Å². The Morgan fingerprint density at radius 3 is 2.22 bits per heavy atom. The number of fused-ring (bicyclic) bond motifs is 3. The third kappa shape index (κ3) is 18.1. The van der Waals surface area contributed by atoms with Gasteiger partial charge in [-0.05, 0) is 116 Å². The van der Waals surface area contributed by atoms with Gasteiger partial charge in [0, 0.05) is 126 Å². The van der Waals surface area contributed by atoms with E-state index in [1.54, 1.807) is 96.7 Å². The lowest BCUT2D eigenvalue weighted by Gasteiger charge is -2.26. The van der Waals surface area contributed by atoms with Gasteiger partial charge in [-0.15, -0.1) is 0 Å². The number of Topliss-reactive ketones (excluding diaryl/α,β-unsaturated/α-hetero) is 4. The molecular formula is C71H84N8O16S2. The van der Waals surface area contributed by atoms with Gasteiger partial charge in [-0.2, -0.15) is 20.2 Å². The number of aryl methyl sites for hydroxylation is 3. The summed E-state index contributed by atoms with van der Waals surface area (Å²) in [4.78, 5) is 138. The molecule has 97 heavy (non-hydrogen) atoms. The van der Waals surface area contributed by atoms with Crippen LogP contribution >= 0.6 is 11.8 Å². The predicted molar refractivity (Wildman–Crippen MR) is 364 cm³/mol. The molecule has 2 unspecified atom stereocenters. The molecular weight excluding hydrogens is 1280 g/mol. The molecule has 3 N–H and O–H groups in total. The first-order valence-electron chi connectivity index (χ1n) is 32.5. The zero-order valence-electron chi connectivity index (χ0n) is 55.8. The van der Waals surface area contributed by atoms with Crippen molar-refractivity contribution < 1.29 is 75.1 Å². The first-order valence-corrected chi connectivity index (χ1v) is 35.3. The number of carbonyl (C=O) groups is 10. The van der Waals surface area contributed by atoms with E-state index in [0.717, 1.165) is 27.6 Å². The van der Waals surface area contributed by atoms with E-state index < -0.39 is 39.3 Å². The van der Waals surface area contributed by atoms with Crippen LogP contribution in [0.5, 0.6) is 5.75 Å². The van der Waals surface area contributed by atoms with E-state index in [4.69, 9.17) is 14.2 Å². The number of hydrogen-bond donors (Lipinski definition) is 3. The number of nitrogens with one attached hydrogen (secondary N) is 2. The third-order valence-corrected chi connectivity index (χ3v) is 20.2. The average molecular weight is 1370 g/mol. The van der Waals surface area contributed by atoms with Crippen molar-refractivity contribution in [3.05, 3.63) is 137 Å². The van der Waals surface area contributed by atoms with Crippen molar-refractivity contribution in [1.29, 1.82) is 0 Å². The summed E-state index contributed by atoms with van der Waals surface area (Å²) in [5.41, 5.74) is 6.21. The molecule has 0 saturated carbocycles. The maximum atomic E-state index is 14.1. The van der Waals surface area contributed by atoms with Crippen molar-refractivity contribution in [3.63, 3.8) is 0 Å². The first kappa shape index (κ1) is 72.6. The van der Waals surface area contributed by atoms with E-state index in [0.29, 0.717) is 58.7 Å². The standard InChI is InChI=1S/C71H84N8O16S2/c1-42(2)54(37-53(81)21-26-94-28-27-93-24-9-11-52(80)20-23-78-66(85)38-62(96-8)71(78)89)68(86)72-45(5)59(82)33-47-15-18-56-49(31-47)19-22-77(56)70(88)58-34-51(40-75(58)6)48-16-13-46(14-17-48)32-60(83)67-74-64(41-76(67)7)73-65(84)12-10-25-95-61-35-50-36-63(97(90,91)92)57-29-43(3)39-79(57)69(87)55(50)30-44(61)4/h13-19,22,30-31,34-35,40-42,45,54,57,62-63H,3,9-12,20-21,23-29,32-33,36-39H2,1-2,4-8H3,(H,72,86)(H,73,84)(H,90,91,92)/t45-,54-,57-,62?,63?/m0/s1. The molecule has 3 aromatic carbocycles. The topological polar surface area (TPSA) is 311 Å². The van der Waals surface area contributed by atoms with Crippen LogP contribution < -0.4 is 15.4 Å². The van der Waals surface area contributed by atoms with Crippen LogP contribution in [0.3, 0.4) is 0 Å². The number of likely N-dealkylation sites (tertiary alicyclic amines) is 1. The maximum absolute atomic E-state index is 14.1. The SMILES string of the molecule is C=C1C[C@H]2C(S(=O)(=O)O)Cc3cc(OCCCC(=O)Nc4cn(C)c(C(=O)Cc5ccc(-c6cc(C(=O)n7ccc8cc(CC(=O)[C@H](C)NC(=O)[C@@H](CC(=O)CCOCCOCCCC(=O)CCN9C(=O)CC(SC)C9=O)C(C)C)ccc87)n(C)c6)cc5)n4)c(C)cc3C(=O)N2C1. The number of imide groups is 1. The average Bonchev–Trinajstić information content (AvgIpc) is 1.63. The number of aromatic nitrogens is 4. The summed E-state index contributed by atoms with van der Waals surface area (Å²) in [6.45, 7) is 12.4. The van der Waals surface area contributed by atoms with E-state index >= 15 is 0 Å². The first-order chi connectivity index (χ1) is 46.2. The zero-order valence-corrected chi connectivity index (χ0v) is 57.4. The molecule has 3 aliphatic rings. The zero-order chi connectivity index (χ0) is 70.0. The normalized spacial score (nSPS) is 16.9. The number of rotatable bonds is 34. The van der Waals surface area contributed by atoms with E-state index in [2.05, 4.69) is 22.2 Å². The second kappa shape index (κ2) is 32.1. The fraction of sp³-hybridized carbons (Fsp3) is 0.451. The van der Waals surface area contributed by atoms with Gasteiger partial charge in [0.25, 0.3) is 21.9 Å². The molecule has 3 aliphatic heterocycles. The molecule has 24 nitrogen and oxygen atoms in total. The molecule has 3 aromatic heterocycles. The van der Waals surface area contributed by atoms with Gasteiger partial charge >= 0.3 is 0 Å². The van der Waals surface area contributed by atoms with Gasteiger partial charge in [-0.3, -0.25) is 62.0 Å². The van der Waals surface area contributed by atoms with Crippen molar-refractivity contribution >= 4 is 97.2 Å². The highest BCUT2D eigenvalue weighted by molar-refractivity contribution is 8.00. The number of benzene rings is 3. The fourth-order valence-electron chi connectivity index (χ4n) is 12.5. The molecule has 0 aliphatic carbocycles. The molecule has 0 bridgehead atoms. The summed E-state index contributed by atoms with van der Waals surface area (Å²) in [5, 5.41) is 4.71. The van der Waals surface area contributed by atoms with Gasteiger partial charge in [0.15, 0.2) is 17.4 Å².